The number of aliphatic carboxylic acids is 1. The number of hydrogen-bond donors (Lipinski definition) is 1. The van der Waals surface area contributed by atoms with Crippen LogP contribution in [0, 0.1) is 6.92 Å². The lowest BCUT2D eigenvalue weighted by Gasteiger charge is -2.11. The normalized spacial score (nSPS) is 17.1. The number of hydrogen-bond acceptors (Lipinski definition) is 3. The first-order chi connectivity index (χ1) is 7.52. The summed E-state index contributed by atoms with van der Waals surface area (Å²) in [7, 11) is 0. The molecule has 86 valence electrons. The van der Waals surface area contributed by atoms with E-state index in [0.29, 0.717) is 5.82 Å². The van der Waals surface area contributed by atoms with E-state index in [2.05, 4.69) is 4.98 Å². The molecule has 1 fully saturated rings. The summed E-state index contributed by atoms with van der Waals surface area (Å²) in [6.07, 6.45) is 3.34. The van der Waals surface area contributed by atoms with Crippen molar-refractivity contribution in [2.24, 2.45) is 0 Å². The fourth-order valence-corrected chi connectivity index (χ4v) is 1.76. The Labute approximate surface area is 92.7 Å². The Morgan fingerprint density at radius 3 is 2.75 bits per heavy atom. The van der Waals surface area contributed by atoms with E-state index in [1.54, 1.807) is 11.5 Å². The lowest BCUT2D eigenvalue weighted by molar-refractivity contribution is -0.138. The third-order valence-corrected chi connectivity index (χ3v) is 2.95. The first-order valence-corrected chi connectivity index (χ1v) is 5.33. The highest BCUT2D eigenvalue weighted by molar-refractivity contribution is 5.75. The molecule has 1 aliphatic rings. The zero-order valence-electron chi connectivity index (χ0n) is 9.30. The van der Waals surface area contributed by atoms with E-state index in [1.807, 2.05) is 0 Å². The molecule has 1 atom stereocenters. The van der Waals surface area contributed by atoms with Gasteiger partial charge < -0.3 is 5.11 Å². The number of carboxylic acid groups (broad SMARTS) is 1. The monoisotopic (exact) mass is 222 g/mol. The quantitative estimate of drug-likeness (QED) is 0.830. The maximum Gasteiger partial charge on any atom is 0.310 e. The maximum absolute atomic E-state index is 12.1. The maximum atomic E-state index is 12.1. The average molecular weight is 222 g/mol. The molecule has 2 rings (SSSR count). The predicted molar refractivity (Wildman–Crippen MR) is 57.6 cm³/mol. The molecule has 0 amide bonds. The third-order valence-electron chi connectivity index (χ3n) is 2.95. The third kappa shape index (κ3) is 1.73. The molecule has 5 heteroatoms. The minimum absolute atomic E-state index is 0.204. The Morgan fingerprint density at radius 1 is 1.62 bits per heavy atom. The Morgan fingerprint density at radius 2 is 2.25 bits per heavy atom. The van der Waals surface area contributed by atoms with Crippen LogP contribution in [0.1, 0.15) is 43.1 Å². The first-order valence-electron chi connectivity index (χ1n) is 5.33. The predicted octanol–water partition coefficient (Wildman–Crippen LogP) is 1.07. The van der Waals surface area contributed by atoms with E-state index < -0.39 is 11.9 Å². The van der Waals surface area contributed by atoms with Crippen LogP contribution in [0.3, 0.4) is 0 Å². The Balaban J connectivity index is 2.52. The SMILES string of the molecule is Cc1ncc(C(C)C(=O)O)c(=O)n1C1CC1. The summed E-state index contributed by atoms with van der Waals surface area (Å²) in [4.78, 5) is 27.0. The average Bonchev–Trinajstić information content (AvgIpc) is 3.01. The molecular formula is C11H14N2O3. The number of aryl methyl sites for hydroxylation is 1. The van der Waals surface area contributed by atoms with Gasteiger partial charge in [-0.05, 0) is 26.7 Å². The lowest BCUT2D eigenvalue weighted by Crippen LogP contribution is -2.29. The summed E-state index contributed by atoms with van der Waals surface area (Å²) in [5, 5.41) is 8.90. The summed E-state index contributed by atoms with van der Waals surface area (Å²) in [5.41, 5.74) is 0.0647. The summed E-state index contributed by atoms with van der Waals surface area (Å²) in [6.45, 7) is 3.28. The van der Waals surface area contributed by atoms with Crippen molar-refractivity contribution in [2.75, 3.05) is 0 Å². The smallest absolute Gasteiger partial charge is 0.310 e. The summed E-state index contributed by atoms with van der Waals surface area (Å²) in [6, 6.07) is 0.223. The highest BCUT2D eigenvalue weighted by Crippen LogP contribution is 2.34. The molecule has 1 heterocycles. The van der Waals surface area contributed by atoms with E-state index in [0.717, 1.165) is 12.8 Å². The second-order valence-corrected chi connectivity index (χ2v) is 4.23. The number of carbonyl (C=O) groups is 1. The van der Waals surface area contributed by atoms with Crippen molar-refractivity contribution in [3.63, 3.8) is 0 Å². The lowest BCUT2D eigenvalue weighted by atomic mass is 10.1. The van der Waals surface area contributed by atoms with Crippen LogP contribution >= 0.6 is 0 Å². The number of rotatable bonds is 3. The van der Waals surface area contributed by atoms with Gasteiger partial charge in [0.25, 0.3) is 5.56 Å². The first kappa shape index (κ1) is 10.9. The molecule has 0 aliphatic heterocycles. The number of nitrogens with zero attached hydrogens (tertiary/aromatic N) is 2. The van der Waals surface area contributed by atoms with Crippen molar-refractivity contribution in [1.29, 1.82) is 0 Å². The summed E-state index contributed by atoms with van der Waals surface area (Å²) in [5.74, 6) is -1.13. The van der Waals surface area contributed by atoms with Gasteiger partial charge in [0.05, 0.1) is 5.92 Å². The molecule has 0 saturated heterocycles. The topological polar surface area (TPSA) is 72.2 Å². The van der Waals surface area contributed by atoms with E-state index in [9.17, 15) is 9.59 Å². The van der Waals surface area contributed by atoms with Gasteiger partial charge in [0.2, 0.25) is 0 Å². The zero-order valence-corrected chi connectivity index (χ0v) is 9.30. The van der Waals surface area contributed by atoms with Gasteiger partial charge in [-0.3, -0.25) is 14.2 Å². The molecule has 0 aromatic carbocycles. The van der Waals surface area contributed by atoms with Crippen LogP contribution in [0.5, 0.6) is 0 Å². The Hall–Kier alpha value is -1.65. The molecule has 1 saturated carbocycles. The molecule has 1 aromatic rings. The summed E-state index contributed by atoms with van der Waals surface area (Å²) >= 11 is 0. The molecule has 16 heavy (non-hydrogen) atoms. The largest absolute Gasteiger partial charge is 0.481 e. The van der Waals surface area contributed by atoms with Crippen LogP contribution in [0.2, 0.25) is 0 Å². The highest BCUT2D eigenvalue weighted by atomic mass is 16.4. The van der Waals surface area contributed by atoms with Gasteiger partial charge in [0.15, 0.2) is 0 Å². The van der Waals surface area contributed by atoms with Gasteiger partial charge >= 0.3 is 5.97 Å². The molecular weight excluding hydrogens is 208 g/mol. The Bertz CT molecular complexity index is 488. The molecule has 1 N–H and O–H groups in total. The van der Waals surface area contributed by atoms with E-state index in [4.69, 9.17) is 5.11 Å². The van der Waals surface area contributed by atoms with Crippen molar-refractivity contribution < 1.29 is 9.90 Å². The van der Waals surface area contributed by atoms with Crippen molar-refractivity contribution in [1.82, 2.24) is 9.55 Å². The van der Waals surface area contributed by atoms with Crippen molar-refractivity contribution in [3.05, 3.63) is 27.9 Å². The zero-order chi connectivity index (χ0) is 11.9. The van der Waals surface area contributed by atoms with Gasteiger partial charge in [-0.1, -0.05) is 0 Å². The highest BCUT2D eigenvalue weighted by Gasteiger charge is 2.29. The van der Waals surface area contributed by atoms with Crippen molar-refractivity contribution in [2.45, 2.75) is 38.6 Å². The van der Waals surface area contributed by atoms with Crippen LogP contribution in [-0.2, 0) is 4.79 Å². The van der Waals surface area contributed by atoms with Crippen LogP contribution in [0.25, 0.3) is 0 Å². The van der Waals surface area contributed by atoms with Gasteiger partial charge in [0, 0.05) is 17.8 Å². The van der Waals surface area contributed by atoms with Gasteiger partial charge in [-0.25, -0.2) is 4.98 Å². The van der Waals surface area contributed by atoms with Crippen molar-refractivity contribution in [3.8, 4) is 0 Å². The van der Waals surface area contributed by atoms with Crippen LogP contribution in [-0.4, -0.2) is 20.6 Å². The molecule has 0 spiro atoms. The van der Waals surface area contributed by atoms with Crippen LogP contribution in [0.4, 0.5) is 0 Å². The van der Waals surface area contributed by atoms with E-state index in [-0.39, 0.29) is 17.2 Å². The van der Waals surface area contributed by atoms with E-state index in [1.165, 1.54) is 13.1 Å². The molecule has 5 nitrogen and oxygen atoms in total. The van der Waals surface area contributed by atoms with Gasteiger partial charge in [0.1, 0.15) is 5.82 Å². The second kappa shape index (κ2) is 3.73. The van der Waals surface area contributed by atoms with Gasteiger partial charge in [-0.2, -0.15) is 0 Å². The minimum atomic E-state index is -0.995. The van der Waals surface area contributed by atoms with Crippen LogP contribution < -0.4 is 5.56 Å². The van der Waals surface area contributed by atoms with E-state index >= 15 is 0 Å². The van der Waals surface area contributed by atoms with Crippen molar-refractivity contribution >= 4 is 5.97 Å². The molecule has 0 radical (unpaired) electrons. The fourth-order valence-electron chi connectivity index (χ4n) is 1.76. The molecule has 0 bridgehead atoms. The Kier molecular flexibility index (Phi) is 2.53. The van der Waals surface area contributed by atoms with Crippen LogP contribution in [0.15, 0.2) is 11.0 Å². The fraction of sp³-hybridized carbons (Fsp3) is 0.545. The second-order valence-electron chi connectivity index (χ2n) is 4.23. The molecule has 1 aliphatic carbocycles. The molecule has 1 aromatic heterocycles. The minimum Gasteiger partial charge on any atom is -0.481 e. The number of carboxylic acids is 1. The summed E-state index contributed by atoms with van der Waals surface area (Å²) < 4.78 is 1.62. The number of aromatic nitrogens is 2. The molecule has 1 unspecified atom stereocenters. The standard InChI is InChI=1S/C11H14N2O3/c1-6(11(15)16)9-5-12-7(2)13(10(9)14)8-3-4-8/h5-6,8H,3-4H2,1-2H3,(H,15,16). The van der Waals surface area contributed by atoms with Gasteiger partial charge in [-0.15, -0.1) is 0 Å².